The van der Waals surface area contributed by atoms with E-state index in [9.17, 15) is 9.90 Å². The highest BCUT2D eigenvalue weighted by Crippen LogP contribution is 2.36. The summed E-state index contributed by atoms with van der Waals surface area (Å²) < 4.78 is 11.3. The number of aromatic amines is 1. The predicted octanol–water partition coefficient (Wildman–Crippen LogP) is 6.17. The zero-order chi connectivity index (χ0) is 22.8. The summed E-state index contributed by atoms with van der Waals surface area (Å²) in [6, 6.07) is 17.4. The van der Waals surface area contributed by atoms with Crippen molar-refractivity contribution in [2.45, 2.75) is 39.9 Å². The van der Waals surface area contributed by atoms with Crippen molar-refractivity contribution < 1.29 is 19.4 Å². The van der Waals surface area contributed by atoms with E-state index in [4.69, 9.17) is 9.47 Å². The van der Waals surface area contributed by atoms with E-state index in [1.54, 1.807) is 12.3 Å². The van der Waals surface area contributed by atoms with Gasteiger partial charge in [-0.1, -0.05) is 18.2 Å². The van der Waals surface area contributed by atoms with Crippen molar-refractivity contribution >= 4 is 16.9 Å². The summed E-state index contributed by atoms with van der Waals surface area (Å²) in [5, 5.41) is 10.6. The molecule has 0 unspecified atom stereocenters. The lowest BCUT2D eigenvalue weighted by Gasteiger charge is -2.11. The number of hydrogen-bond acceptors (Lipinski definition) is 4. The quantitative estimate of drug-likeness (QED) is 0.366. The average Bonchev–Trinajstić information content (AvgIpc) is 3.13. The number of aromatic nitrogens is 2. The summed E-state index contributed by atoms with van der Waals surface area (Å²) in [5.74, 6) is 0.301. The highest BCUT2D eigenvalue weighted by molar-refractivity contribution is 6.08. The number of nitrogens with zero attached hydrogens (tertiary/aromatic N) is 1. The van der Waals surface area contributed by atoms with Crippen LogP contribution in [0.5, 0.6) is 11.6 Å². The maximum atomic E-state index is 12.0. The van der Waals surface area contributed by atoms with Gasteiger partial charge in [-0.3, -0.25) is 0 Å². The van der Waals surface area contributed by atoms with Crippen LogP contribution < -0.4 is 9.47 Å². The molecule has 0 aliphatic heterocycles. The fourth-order valence-electron chi connectivity index (χ4n) is 3.67. The number of hydrogen-bond donors (Lipinski definition) is 2. The molecule has 4 rings (SSSR count). The minimum absolute atomic E-state index is 0.0101. The molecule has 0 aliphatic rings. The molecule has 0 saturated heterocycles. The molecule has 2 aromatic carbocycles. The normalized spacial score (nSPS) is 11.3. The number of nitrogens with one attached hydrogen (secondary N) is 1. The van der Waals surface area contributed by atoms with Gasteiger partial charge in [0.2, 0.25) is 5.88 Å². The summed E-state index contributed by atoms with van der Waals surface area (Å²) in [6.45, 7) is 7.85. The number of carboxylic acid groups (broad SMARTS) is 1. The van der Waals surface area contributed by atoms with E-state index in [1.807, 2.05) is 76.2 Å². The lowest BCUT2D eigenvalue weighted by molar-refractivity contribution is 0.0692. The number of ether oxygens (including phenoxy) is 2. The zero-order valence-electron chi connectivity index (χ0n) is 18.5. The molecule has 0 spiro atoms. The first kappa shape index (κ1) is 21.4. The third-order valence-electron chi connectivity index (χ3n) is 4.95. The van der Waals surface area contributed by atoms with Crippen LogP contribution in [0.2, 0.25) is 0 Å². The smallest absolute Gasteiger partial charge is 0.352 e. The van der Waals surface area contributed by atoms with Gasteiger partial charge < -0.3 is 19.6 Å². The maximum Gasteiger partial charge on any atom is 0.352 e. The Morgan fingerprint density at radius 1 is 0.875 bits per heavy atom. The number of carboxylic acids is 1. The standard InChI is InChI=1S/C26H26N2O4/c1-15(2)31-20-9-5-17(6-10-20)18-7-11-22-21(13-18)24(25(28-22)26(29)30)19-8-12-23(27-14-19)32-16(3)4/h5-16,28H,1-4H3,(H,29,30). The lowest BCUT2D eigenvalue weighted by Crippen LogP contribution is -2.06. The number of pyridine rings is 1. The van der Waals surface area contributed by atoms with Crippen LogP contribution >= 0.6 is 0 Å². The number of aromatic carboxylic acids is 1. The molecule has 0 atom stereocenters. The van der Waals surface area contributed by atoms with Crippen molar-refractivity contribution in [2.24, 2.45) is 0 Å². The third-order valence-corrected chi connectivity index (χ3v) is 4.95. The molecule has 6 nitrogen and oxygen atoms in total. The molecule has 0 aliphatic carbocycles. The first-order chi connectivity index (χ1) is 15.3. The van der Waals surface area contributed by atoms with Crippen molar-refractivity contribution in [3.8, 4) is 33.9 Å². The number of H-pyrrole nitrogens is 1. The van der Waals surface area contributed by atoms with Gasteiger partial charge in [0.05, 0.1) is 12.2 Å². The van der Waals surface area contributed by atoms with E-state index in [0.29, 0.717) is 17.0 Å². The number of rotatable bonds is 7. The van der Waals surface area contributed by atoms with Crippen LogP contribution in [0.3, 0.4) is 0 Å². The monoisotopic (exact) mass is 430 g/mol. The molecule has 0 fully saturated rings. The van der Waals surface area contributed by atoms with E-state index in [2.05, 4.69) is 9.97 Å². The fraction of sp³-hybridized carbons (Fsp3) is 0.231. The van der Waals surface area contributed by atoms with Crippen molar-refractivity contribution in [3.05, 3.63) is 66.5 Å². The summed E-state index contributed by atoms with van der Waals surface area (Å²) in [4.78, 5) is 19.4. The van der Waals surface area contributed by atoms with Crippen molar-refractivity contribution in [2.75, 3.05) is 0 Å². The van der Waals surface area contributed by atoms with Crippen LogP contribution in [0.15, 0.2) is 60.8 Å². The van der Waals surface area contributed by atoms with Gasteiger partial charge in [-0.2, -0.15) is 0 Å². The Hall–Kier alpha value is -3.80. The van der Waals surface area contributed by atoms with E-state index in [0.717, 1.165) is 27.8 Å². The average molecular weight is 431 g/mol. The molecular weight excluding hydrogens is 404 g/mol. The molecule has 0 bridgehead atoms. The Morgan fingerprint density at radius 3 is 2.12 bits per heavy atom. The van der Waals surface area contributed by atoms with Gasteiger partial charge in [0.15, 0.2) is 0 Å². The zero-order valence-corrected chi connectivity index (χ0v) is 18.5. The fourth-order valence-corrected chi connectivity index (χ4v) is 3.67. The van der Waals surface area contributed by atoms with Gasteiger partial charge >= 0.3 is 5.97 Å². The predicted molar refractivity (Wildman–Crippen MR) is 125 cm³/mol. The molecule has 6 heteroatoms. The van der Waals surface area contributed by atoms with Crippen molar-refractivity contribution in [3.63, 3.8) is 0 Å². The van der Waals surface area contributed by atoms with E-state index in [-0.39, 0.29) is 17.9 Å². The number of fused-ring (bicyclic) bond motifs is 1. The largest absolute Gasteiger partial charge is 0.491 e. The molecule has 2 aromatic heterocycles. The molecule has 164 valence electrons. The molecular formula is C26H26N2O4. The minimum atomic E-state index is -1.02. The number of carbonyl (C=O) groups is 1. The highest BCUT2D eigenvalue weighted by Gasteiger charge is 2.19. The van der Waals surface area contributed by atoms with Crippen LogP contribution in [0.1, 0.15) is 38.2 Å². The number of benzene rings is 2. The third kappa shape index (κ3) is 4.44. The van der Waals surface area contributed by atoms with Gasteiger partial charge in [0, 0.05) is 34.3 Å². The summed E-state index contributed by atoms with van der Waals surface area (Å²) >= 11 is 0. The Kier molecular flexibility index (Phi) is 5.86. The van der Waals surface area contributed by atoms with Crippen LogP contribution in [0, 0.1) is 0 Å². The summed E-state index contributed by atoms with van der Waals surface area (Å²) in [7, 11) is 0. The topological polar surface area (TPSA) is 84.4 Å². The molecule has 0 saturated carbocycles. The highest BCUT2D eigenvalue weighted by atomic mass is 16.5. The van der Waals surface area contributed by atoms with Crippen LogP contribution in [0.4, 0.5) is 0 Å². The molecule has 0 amide bonds. The second kappa shape index (κ2) is 8.75. The Labute approximate surface area is 186 Å². The summed E-state index contributed by atoms with van der Waals surface area (Å²) in [5.41, 5.74) is 4.21. The van der Waals surface area contributed by atoms with Crippen molar-refractivity contribution in [1.82, 2.24) is 9.97 Å². The maximum absolute atomic E-state index is 12.0. The minimum Gasteiger partial charge on any atom is -0.491 e. The molecule has 0 radical (unpaired) electrons. The second-order valence-electron chi connectivity index (χ2n) is 8.18. The van der Waals surface area contributed by atoms with E-state index in [1.165, 1.54) is 0 Å². The Bertz CT molecular complexity index is 1240. The summed E-state index contributed by atoms with van der Waals surface area (Å²) in [6.07, 6.45) is 1.77. The van der Waals surface area contributed by atoms with Gasteiger partial charge in [0.1, 0.15) is 11.4 Å². The van der Waals surface area contributed by atoms with Crippen LogP contribution in [-0.4, -0.2) is 33.3 Å². The van der Waals surface area contributed by atoms with E-state index >= 15 is 0 Å². The first-order valence-electron chi connectivity index (χ1n) is 10.6. The van der Waals surface area contributed by atoms with Crippen molar-refractivity contribution in [1.29, 1.82) is 0 Å². The van der Waals surface area contributed by atoms with Gasteiger partial charge in [-0.05, 0) is 69.2 Å². The Balaban J connectivity index is 1.78. The molecule has 32 heavy (non-hydrogen) atoms. The SMILES string of the molecule is CC(C)Oc1ccc(-c2ccc3[nH]c(C(=O)O)c(-c4ccc(OC(C)C)nc4)c3c2)cc1. The van der Waals surface area contributed by atoms with Gasteiger partial charge in [-0.25, -0.2) is 9.78 Å². The van der Waals surface area contributed by atoms with E-state index < -0.39 is 5.97 Å². The molecule has 2 N–H and O–H groups in total. The molecule has 2 heterocycles. The second-order valence-corrected chi connectivity index (χ2v) is 8.18. The van der Waals surface area contributed by atoms with Crippen LogP contribution in [-0.2, 0) is 0 Å². The van der Waals surface area contributed by atoms with Gasteiger partial charge in [-0.15, -0.1) is 0 Å². The first-order valence-corrected chi connectivity index (χ1v) is 10.6. The Morgan fingerprint density at radius 2 is 1.53 bits per heavy atom. The lowest BCUT2D eigenvalue weighted by atomic mass is 9.99. The molecule has 4 aromatic rings. The van der Waals surface area contributed by atoms with Gasteiger partial charge in [0.25, 0.3) is 0 Å². The van der Waals surface area contributed by atoms with Crippen LogP contribution in [0.25, 0.3) is 33.2 Å².